The summed E-state index contributed by atoms with van der Waals surface area (Å²) in [6.07, 6.45) is -1.87. The number of amides is 3. The van der Waals surface area contributed by atoms with Crippen LogP contribution in [0, 0.1) is 12.3 Å². The zero-order chi connectivity index (χ0) is 27.6. The molecular formula is C24H31N7O6. The molecule has 13 heteroatoms. The number of ether oxygens (including phenoxy) is 1. The van der Waals surface area contributed by atoms with Crippen LogP contribution >= 0.6 is 0 Å². The molecule has 0 aliphatic rings. The normalized spacial score (nSPS) is 12.1. The van der Waals surface area contributed by atoms with Gasteiger partial charge in [-0.3, -0.25) is 19.8 Å². The topological polar surface area (TPSA) is 223 Å². The van der Waals surface area contributed by atoms with E-state index in [1.807, 2.05) is 0 Å². The van der Waals surface area contributed by atoms with E-state index in [2.05, 4.69) is 25.7 Å². The molecule has 0 aliphatic heterocycles. The maximum Gasteiger partial charge on any atom is 0.407 e. The zero-order valence-electron chi connectivity index (χ0n) is 20.6. The number of aromatic nitrogens is 1. The summed E-state index contributed by atoms with van der Waals surface area (Å²) >= 11 is 0. The molecule has 13 nitrogen and oxygen atoms in total. The Bertz CT molecular complexity index is 1190. The van der Waals surface area contributed by atoms with Crippen molar-refractivity contribution in [2.24, 2.45) is 5.73 Å². The smallest absolute Gasteiger partial charge is 0.407 e. The molecular weight excluding hydrogens is 482 g/mol. The molecule has 3 amide bonds. The van der Waals surface area contributed by atoms with E-state index in [-0.39, 0.29) is 25.2 Å². The summed E-state index contributed by atoms with van der Waals surface area (Å²) in [5, 5.41) is 24.5. The van der Waals surface area contributed by atoms with E-state index >= 15 is 0 Å². The minimum atomic E-state index is -1.78. The molecule has 1 atom stereocenters. The molecule has 1 aromatic carbocycles. The fourth-order valence-corrected chi connectivity index (χ4v) is 3.59. The Balaban J connectivity index is 2.23. The molecule has 0 spiro atoms. The lowest BCUT2D eigenvalue weighted by Gasteiger charge is -2.33. The molecule has 0 fully saturated rings. The first-order chi connectivity index (χ1) is 17.5. The number of methoxy groups -OCH3 is 1. The van der Waals surface area contributed by atoms with E-state index < -0.39 is 42.4 Å². The van der Waals surface area contributed by atoms with Crippen molar-refractivity contribution in [2.45, 2.75) is 38.3 Å². The van der Waals surface area contributed by atoms with Gasteiger partial charge in [-0.2, -0.15) is 0 Å². The highest BCUT2D eigenvalue weighted by Crippen LogP contribution is 2.22. The maximum atomic E-state index is 13.4. The van der Waals surface area contributed by atoms with Crippen molar-refractivity contribution in [3.05, 3.63) is 58.8 Å². The first-order valence-corrected chi connectivity index (χ1v) is 11.2. The van der Waals surface area contributed by atoms with Crippen molar-refractivity contribution in [2.75, 3.05) is 19.4 Å². The number of carboxylic acid groups (broad SMARTS) is 1. The second kappa shape index (κ2) is 12.9. The first kappa shape index (κ1) is 28.6. The van der Waals surface area contributed by atoms with E-state index in [4.69, 9.17) is 16.9 Å². The summed E-state index contributed by atoms with van der Waals surface area (Å²) in [6, 6.07) is 9.74. The SMILES string of the molecule is COC(=O)NC(CCC(=O)O)(Cc1cccc(C(=N)N)c1)C(=O)NCC(=O)NCc1ccc(N)nc1C. The lowest BCUT2D eigenvalue weighted by Crippen LogP contribution is -2.61. The van der Waals surface area contributed by atoms with E-state index in [0.717, 1.165) is 12.7 Å². The molecule has 198 valence electrons. The number of carbonyl (C=O) groups is 4. The number of pyridine rings is 1. The number of nitrogens with two attached hydrogens (primary N) is 2. The van der Waals surface area contributed by atoms with E-state index in [1.54, 1.807) is 43.3 Å². The largest absolute Gasteiger partial charge is 0.481 e. The van der Waals surface area contributed by atoms with Crippen LogP contribution < -0.4 is 27.4 Å². The number of carbonyl (C=O) groups excluding carboxylic acids is 3. The highest BCUT2D eigenvalue weighted by molar-refractivity contribution is 5.95. The third-order valence-electron chi connectivity index (χ3n) is 5.57. The molecule has 2 aromatic rings. The molecule has 1 unspecified atom stereocenters. The maximum absolute atomic E-state index is 13.4. The van der Waals surface area contributed by atoms with Crippen LogP contribution in [0.25, 0.3) is 0 Å². The van der Waals surface area contributed by atoms with Crippen molar-refractivity contribution in [1.82, 2.24) is 20.9 Å². The minimum Gasteiger partial charge on any atom is -0.481 e. The number of rotatable bonds is 12. The van der Waals surface area contributed by atoms with Gasteiger partial charge in [0, 0.05) is 30.6 Å². The Hall–Kier alpha value is -4.68. The molecule has 0 saturated heterocycles. The van der Waals surface area contributed by atoms with Crippen LogP contribution in [0.5, 0.6) is 0 Å². The standard InChI is InChI=1S/C24H31N7O6/c1-14-17(6-7-18(25)30-14)12-28-19(32)13-29-22(35)24(9-8-20(33)34,31-23(36)37-2)11-15-4-3-5-16(10-15)21(26)27/h3-7,10H,8-9,11-13H2,1-2H3,(H2,25,30)(H3,26,27)(H,28,32)(H,29,35)(H,31,36)(H,33,34). The lowest BCUT2D eigenvalue weighted by atomic mass is 9.84. The van der Waals surface area contributed by atoms with Crippen LogP contribution in [-0.2, 0) is 32.1 Å². The number of nitrogens with one attached hydrogen (secondary N) is 4. The fraction of sp³-hybridized carbons (Fsp3) is 0.333. The first-order valence-electron chi connectivity index (χ1n) is 11.2. The van der Waals surface area contributed by atoms with E-state index in [1.165, 1.54) is 0 Å². The third kappa shape index (κ3) is 8.49. The molecule has 1 heterocycles. The second-order valence-electron chi connectivity index (χ2n) is 8.32. The number of alkyl carbamates (subject to hydrolysis) is 1. The molecule has 0 bridgehead atoms. The quantitative estimate of drug-likeness (QED) is 0.152. The predicted octanol–water partition coefficient (Wildman–Crippen LogP) is 0.191. The summed E-state index contributed by atoms with van der Waals surface area (Å²) in [5.41, 5.74) is 11.7. The van der Waals surface area contributed by atoms with Gasteiger partial charge in [-0.1, -0.05) is 24.3 Å². The number of aliphatic carboxylic acids is 1. The van der Waals surface area contributed by atoms with Gasteiger partial charge in [-0.05, 0) is 36.6 Å². The number of hydrogen-bond acceptors (Lipinski definition) is 8. The van der Waals surface area contributed by atoms with Crippen molar-refractivity contribution in [3.8, 4) is 0 Å². The van der Waals surface area contributed by atoms with Crippen molar-refractivity contribution in [1.29, 1.82) is 5.41 Å². The summed E-state index contributed by atoms with van der Waals surface area (Å²) in [6.45, 7) is 1.46. The number of benzene rings is 1. The van der Waals surface area contributed by atoms with Crippen molar-refractivity contribution < 1.29 is 29.0 Å². The lowest BCUT2D eigenvalue weighted by molar-refractivity contribution is -0.138. The highest BCUT2D eigenvalue weighted by atomic mass is 16.5. The number of nitrogen functional groups attached to an aromatic ring is 2. The van der Waals surface area contributed by atoms with Gasteiger partial charge < -0.3 is 37.3 Å². The van der Waals surface area contributed by atoms with Crippen LogP contribution in [-0.4, -0.2) is 59.0 Å². The molecule has 0 saturated carbocycles. The summed E-state index contributed by atoms with van der Waals surface area (Å²) < 4.78 is 4.67. The van der Waals surface area contributed by atoms with Gasteiger partial charge in [0.05, 0.1) is 13.7 Å². The van der Waals surface area contributed by atoms with Gasteiger partial charge in [-0.25, -0.2) is 9.78 Å². The number of amidine groups is 1. The van der Waals surface area contributed by atoms with E-state index in [0.29, 0.717) is 22.6 Å². The Morgan fingerprint density at radius 2 is 1.89 bits per heavy atom. The average Bonchev–Trinajstić information content (AvgIpc) is 2.85. The van der Waals surface area contributed by atoms with Crippen LogP contribution in [0.2, 0.25) is 0 Å². The van der Waals surface area contributed by atoms with Gasteiger partial charge in [0.2, 0.25) is 11.8 Å². The predicted molar refractivity (Wildman–Crippen MR) is 135 cm³/mol. The molecule has 0 aliphatic carbocycles. The summed E-state index contributed by atoms with van der Waals surface area (Å²) in [7, 11) is 1.10. The van der Waals surface area contributed by atoms with Crippen molar-refractivity contribution in [3.63, 3.8) is 0 Å². The molecule has 37 heavy (non-hydrogen) atoms. The average molecular weight is 514 g/mol. The monoisotopic (exact) mass is 513 g/mol. The van der Waals surface area contributed by atoms with Crippen LogP contribution in [0.1, 0.15) is 35.2 Å². The number of nitrogens with zero attached hydrogens (tertiary/aromatic N) is 1. The Morgan fingerprint density at radius 1 is 1.16 bits per heavy atom. The van der Waals surface area contributed by atoms with Gasteiger partial charge in [0.25, 0.3) is 0 Å². The van der Waals surface area contributed by atoms with Gasteiger partial charge in [0.1, 0.15) is 17.2 Å². The fourth-order valence-electron chi connectivity index (χ4n) is 3.59. The Morgan fingerprint density at radius 3 is 2.51 bits per heavy atom. The van der Waals surface area contributed by atoms with Crippen LogP contribution in [0.15, 0.2) is 36.4 Å². The minimum absolute atomic E-state index is 0.149. The Labute approximate surface area is 213 Å². The molecule has 2 rings (SSSR count). The highest BCUT2D eigenvalue weighted by Gasteiger charge is 2.41. The van der Waals surface area contributed by atoms with Gasteiger partial charge >= 0.3 is 12.1 Å². The molecule has 0 radical (unpaired) electrons. The third-order valence-corrected chi connectivity index (χ3v) is 5.57. The zero-order valence-corrected chi connectivity index (χ0v) is 20.6. The van der Waals surface area contributed by atoms with Crippen molar-refractivity contribution >= 4 is 35.5 Å². The number of hydrogen-bond donors (Lipinski definition) is 7. The molecule has 9 N–H and O–H groups in total. The van der Waals surface area contributed by atoms with E-state index in [9.17, 15) is 24.3 Å². The van der Waals surface area contributed by atoms with Crippen LogP contribution in [0.3, 0.4) is 0 Å². The summed E-state index contributed by atoms with van der Waals surface area (Å²) in [5.74, 6) is -2.34. The summed E-state index contributed by atoms with van der Waals surface area (Å²) in [4.78, 5) is 53.5. The second-order valence-corrected chi connectivity index (χ2v) is 8.32. The van der Waals surface area contributed by atoms with Crippen LogP contribution in [0.4, 0.5) is 10.6 Å². The molecule has 1 aromatic heterocycles. The number of aryl methyl sites for hydroxylation is 1. The van der Waals surface area contributed by atoms with Gasteiger partial charge in [-0.15, -0.1) is 0 Å². The van der Waals surface area contributed by atoms with Gasteiger partial charge in [0.15, 0.2) is 0 Å². The number of carboxylic acids is 1. The number of anilines is 1. The Kier molecular flexibility index (Phi) is 9.92.